The molecule has 82 valence electrons. The molecule has 0 saturated carbocycles. The molecule has 2 N–H and O–H groups in total. The second-order valence-corrected chi connectivity index (χ2v) is 5.59. The lowest BCUT2D eigenvalue weighted by atomic mass is 10.1. The molecule has 4 heteroatoms. The highest BCUT2D eigenvalue weighted by atomic mass is 31.2. The molecule has 1 aromatic heterocycles. The largest absolute Gasteiger partial charge is 0.350 e. The third kappa shape index (κ3) is 2.07. The predicted octanol–water partition coefficient (Wildman–Crippen LogP) is 2.47. The summed E-state index contributed by atoms with van der Waals surface area (Å²) in [6.45, 7) is 3.67. The average molecular weight is 233 g/mol. The van der Waals surface area contributed by atoms with Gasteiger partial charge in [0.05, 0.1) is 5.52 Å². The van der Waals surface area contributed by atoms with Crippen LogP contribution in [0.1, 0.15) is 5.56 Å². The van der Waals surface area contributed by atoms with Gasteiger partial charge in [0, 0.05) is 16.9 Å². The Balaban J connectivity index is 2.56. The number of benzene rings is 1. The lowest BCUT2D eigenvalue weighted by Crippen LogP contribution is -1.86. The average Bonchev–Trinajstić information content (AvgIpc) is 2.26. The molecule has 0 amide bonds. The fourth-order valence-corrected chi connectivity index (χ4v) is 2.01. The zero-order chi connectivity index (χ0) is 11.8. The molecule has 0 atom stereocenters. The van der Waals surface area contributed by atoms with Crippen LogP contribution < -0.4 is 0 Å². The standard InChI is InChI=1S/C12H12NO2P/c1-9(16(2,14)15)10-5-6-12-11(8-10)4-3-7-13-12/h3-8,14-15H,1-2H2. The molecule has 2 aromatic rings. The number of hydrogen-bond acceptors (Lipinski definition) is 3. The zero-order valence-corrected chi connectivity index (χ0v) is 9.56. The summed E-state index contributed by atoms with van der Waals surface area (Å²) < 4.78 is 0. The number of hydrogen-bond donors (Lipinski definition) is 2. The SMILES string of the molecule is C=C(c1ccc2ncccc2c1)P(=C)(O)O. The Hall–Kier alpha value is -1.41. The van der Waals surface area contributed by atoms with E-state index in [0.717, 1.165) is 10.9 Å². The van der Waals surface area contributed by atoms with Gasteiger partial charge in [-0.3, -0.25) is 4.98 Å². The maximum absolute atomic E-state index is 9.45. The van der Waals surface area contributed by atoms with Gasteiger partial charge in [0.2, 0.25) is 0 Å². The Labute approximate surface area is 93.8 Å². The van der Waals surface area contributed by atoms with Crippen molar-refractivity contribution in [1.82, 2.24) is 4.98 Å². The van der Waals surface area contributed by atoms with E-state index in [0.29, 0.717) is 5.56 Å². The minimum atomic E-state index is -3.27. The highest BCUT2D eigenvalue weighted by Crippen LogP contribution is 2.49. The molecule has 0 aliphatic rings. The van der Waals surface area contributed by atoms with E-state index in [2.05, 4.69) is 17.9 Å². The first-order chi connectivity index (χ1) is 7.48. The Morgan fingerprint density at radius 1 is 1.25 bits per heavy atom. The molecule has 3 nitrogen and oxygen atoms in total. The minimum absolute atomic E-state index is 0.276. The Morgan fingerprint density at radius 3 is 2.69 bits per heavy atom. The van der Waals surface area contributed by atoms with Crippen LogP contribution in [-0.4, -0.2) is 21.1 Å². The van der Waals surface area contributed by atoms with Crippen LogP contribution in [0, 0.1) is 0 Å². The van der Waals surface area contributed by atoms with E-state index in [1.165, 1.54) is 0 Å². The normalized spacial score (nSPS) is 11.6. The summed E-state index contributed by atoms with van der Waals surface area (Å²) in [4.78, 5) is 23.1. The third-order valence-electron chi connectivity index (χ3n) is 2.37. The fraction of sp³-hybridized carbons (Fsp3) is 0. The summed E-state index contributed by atoms with van der Waals surface area (Å²) in [6, 6.07) is 9.17. The first kappa shape index (κ1) is 11.1. The van der Waals surface area contributed by atoms with E-state index in [4.69, 9.17) is 0 Å². The molecule has 0 unspecified atom stereocenters. The van der Waals surface area contributed by atoms with Gasteiger partial charge < -0.3 is 9.79 Å². The van der Waals surface area contributed by atoms with E-state index in [1.807, 2.05) is 24.3 Å². The van der Waals surface area contributed by atoms with Crippen molar-refractivity contribution >= 4 is 29.9 Å². The lowest BCUT2D eigenvalue weighted by molar-refractivity contribution is 0.492. The number of fused-ring (bicyclic) bond motifs is 1. The Morgan fingerprint density at radius 2 is 2.00 bits per heavy atom. The first-order valence-corrected chi connectivity index (χ1v) is 6.60. The number of rotatable bonds is 2. The smallest absolute Gasteiger partial charge is 0.142 e. The number of nitrogens with zero attached hydrogens (tertiary/aromatic N) is 1. The van der Waals surface area contributed by atoms with Crippen LogP contribution in [0.4, 0.5) is 0 Å². The molecule has 2 rings (SSSR count). The van der Waals surface area contributed by atoms with Crippen LogP contribution in [0.25, 0.3) is 16.2 Å². The van der Waals surface area contributed by atoms with Gasteiger partial charge in [-0.2, -0.15) is 0 Å². The zero-order valence-electron chi connectivity index (χ0n) is 8.67. The van der Waals surface area contributed by atoms with Crippen LogP contribution >= 0.6 is 7.34 Å². The monoisotopic (exact) mass is 233 g/mol. The van der Waals surface area contributed by atoms with Crippen molar-refractivity contribution in [3.05, 3.63) is 48.7 Å². The van der Waals surface area contributed by atoms with E-state index >= 15 is 0 Å². The van der Waals surface area contributed by atoms with Gasteiger partial charge in [-0.15, -0.1) is 0 Å². The van der Waals surface area contributed by atoms with Crippen molar-refractivity contribution in [3.8, 4) is 0 Å². The quantitative estimate of drug-likeness (QED) is 0.783. The Bertz CT molecular complexity index is 601. The molecule has 0 radical (unpaired) electrons. The minimum Gasteiger partial charge on any atom is -0.350 e. The van der Waals surface area contributed by atoms with Crippen molar-refractivity contribution in [3.63, 3.8) is 0 Å². The van der Waals surface area contributed by atoms with Crippen LogP contribution in [-0.2, 0) is 0 Å². The van der Waals surface area contributed by atoms with Gasteiger partial charge in [0.25, 0.3) is 0 Å². The molecule has 1 heterocycles. The molecule has 16 heavy (non-hydrogen) atoms. The van der Waals surface area contributed by atoms with Gasteiger partial charge in [-0.1, -0.05) is 18.7 Å². The molecule has 1 aromatic carbocycles. The van der Waals surface area contributed by atoms with E-state index in [-0.39, 0.29) is 5.31 Å². The van der Waals surface area contributed by atoms with Crippen molar-refractivity contribution in [2.45, 2.75) is 0 Å². The third-order valence-corrected chi connectivity index (χ3v) is 3.49. The maximum atomic E-state index is 9.45. The van der Waals surface area contributed by atoms with E-state index < -0.39 is 7.34 Å². The van der Waals surface area contributed by atoms with Gasteiger partial charge in [-0.25, -0.2) is 0 Å². The molecule has 0 fully saturated rings. The van der Waals surface area contributed by atoms with Crippen molar-refractivity contribution < 1.29 is 9.79 Å². The highest BCUT2D eigenvalue weighted by Gasteiger charge is 2.12. The van der Waals surface area contributed by atoms with E-state index in [9.17, 15) is 9.79 Å². The van der Waals surface area contributed by atoms with Gasteiger partial charge in [-0.05, 0) is 30.1 Å². The van der Waals surface area contributed by atoms with Crippen molar-refractivity contribution in [1.29, 1.82) is 0 Å². The van der Waals surface area contributed by atoms with Crippen LogP contribution in [0.3, 0.4) is 0 Å². The fourth-order valence-electron chi connectivity index (χ4n) is 1.46. The number of pyridine rings is 1. The van der Waals surface area contributed by atoms with E-state index in [1.54, 1.807) is 12.3 Å². The highest BCUT2D eigenvalue weighted by molar-refractivity contribution is 7.72. The molecule has 0 aliphatic carbocycles. The lowest BCUT2D eigenvalue weighted by Gasteiger charge is -2.13. The molecular formula is C12H12NO2P. The Kier molecular flexibility index (Phi) is 2.68. The van der Waals surface area contributed by atoms with Crippen LogP contribution in [0.2, 0.25) is 0 Å². The van der Waals surface area contributed by atoms with Gasteiger partial charge >= 0.3 is 0 Å². The second-order valence-electron chi connectivity index (χ2n) is 3.59. The van der Waals surface area contributed by atoms with Gasteiger partial charge in [0.1, 0.15) is 7.34 Å². The van der Waals surface area contributed by atoms with Crippen molar-refractivity contribution in [2.24, 2.45) is 0 Å². The molecule has 0 saturated heterocycles. The van der Waals surface area contributed by atoms with Gasteiger partial charge in [0.15, 0.2) is 0 Å². The molecule has 0 bridgehead atoms. The molecule has 0 aliphatic heterocycles. The first-order valence-electron chi connectivity index (χ1n) is 4.72. The summed E-state index contributed by atoms with van der Waals surface area (Å²) >= 11 is 0. The molecule has 0 spiro atoms. The summed E-state index contributed by atoms with van der Waals surface area (Å²) in [5.41, 5.74) is 1.55. The maximum Gasteiger partial charge on any atom is 0.142 e. The summed E-state index contributed by atoms with van der Waals surface area (Å²) in [5, 5.41) is 1.22. The summed E-state index contributed by atoms with van der Waals surface area (Å²) in [6.07, 6.45) is 5.05. The predicted molar refractivity (Wildman–Crippen MR) is 69.3 cm³/mol. The summed E-state index contributed by atoms with van der Waals surface area (Å²) in [5.74, 6) is 0. The number of aromatic nitrogens is 1. The van der Waals surface area contributed by atoms with Crippen molar-refractivity contribution in [2.75, 3.05) is 0 Å². The second kappa shape index (κ2) is 3.87. The summed E-state index contributed by atoms with van der Waals surface area (Å²) in [7, 11) is -3.27. The van der Waals surface area contributed by atoms with Crippen LogP contribution in [0.15, 0.2) is 43.1 Å². The topological polar surface area (TPSA) is 53.4 Å². The molecular weight excluding hydrogens is 221 g/mol. The van der Waals surface area contributed by atoms with Crippen LogP contribution in [0.5, 0.6) is 0 Å².